The predicted molar refractivity (Wildman–Crippen MR) is 104 cm³/mol. The van der Waals surface area contributed by atoms with Crippen molar-refractivity contribution >= 4 is 40.3 Å². The molecule has 0 saturated carbocycles. The topological polar surface area (TPSA) is 55.0 Å². The average Bonchev–Trinajstić information content (AvgIpc) is 3.01. The SMILES string of the molecule is CC(=O)c1cccc(NC(=O)C[NH+]2CC[NH+](Cc3ccc(Cl)s3)CC2)c1. The van der Waals surface area contributed by atoms with Gasteiger partial charge in [-0.2, -0.15) is 0 Å². The predicted octanol–water partition coefficient (Wildman–Crippen LogP) is 0.526. The maximum absolute atomic E-state index is 12.3. The number of halogens is 1. The molecule has 0 radical (unpaired) electrons. The van der Waals surface area contributed by atoms with E-state index in [0.717, 1.165) is 37.1 Å². The number of Topliss-reactive ketones (excluding diaryl/α,β-unsaturated/α-hetero) is 1. The maximum atomic E-state index is 12.3. The molecule has 1 aliphatic heterocycles. The summed E-state index contributed by atoms with van der Waals surface area (Å²) in [6.07, 6.45) is 0. The fourth-order valence-corrected chi connectivity index (χ4v) is 4.41. The van der Waals surface area contributed by atoms with E-state index in [1.165, 1.54) is 16.7 Å². The lowest BCUT2D eigenvalue weighted by molar-refractivity contribution is -1.01. The molecule has 26 heavy (non-hydrogen) atoms. The van der Waals surface area contributed by atoms with Gasteiger partial charge in [0.2, 0.25) is 0 Å². The van der Waals surface area contributed by atoms with Crippen molar-refractivity contribution in [3.63, 3.8) is 0 Å². The van der Waals surface area contributed by atoms with Gasteiger partial charge in [-0.15, -0.1) is 11.3 Å². The molecule has 2 heterocycles. The minimum atomic E-state index is -0.00538. The number of amides is 1. The van der Waals surface area contributed by atoms with E-state index < -0.39 is 0 Å². The minimum absolute atomic E-state index is 0.00199. The number of thiophene rings is 1. The molecule has 0 atom stereocenters. The van der Waals surface area contributed by atoms with Crippen LogP contribution in [0.2, 0.25) is 4.34 Å². The van der Waals surface area contributed by atoms with Crippen molar-refractivity contribution in [1.29, 1.82) is 0 Å². The van der Waals surface area contributed by atoms with Crippen molar-refractivity contribution in [2.45, 2.75) is 13.5 Å². The van der Waals surface area contributed by atoms with E-state index in [9.17, 15) is 9.59 Å². The van der Waals surface area contributed by atoms with Gasteiger partial charge in [0.05, 0.1) is 9.21 Å². The number of nitrogens with one attached hydrogen (secondary N) is 3. The van der Waals surface area contributed by atoms with Crippen molar-refractivity contribution in [3.05, 3.63) is 51.2 Å². The number of carbonyl (C=O) groups excluding carboxylic acids is 2. The van der Waals surface area contributed by atoms with Crippen molar-refractivity contribution in [3.8, 4) is 0 Å². The van der Waals surface area contributed by atoms with Crippen LogP contribution in [0, 0.1) is 0 Å². The second kappa shape index (κ2) is 8.77. The Morgan fingerprint density at radius 1 is 1.12 bits per heavy atom. The lowest BCUT2D eigenvalue weighted by atomic mass is 10.1. The van der Waals surface area contributed by atoms with Crippen molar-refractivity contribution in [2.75, 3.05) is 38.0 Å². The summed E-state index contributed by atoms with van der Waals surface area (Å²) in [7, 11) is 0. The molecule has 2 aromatic rings. The van der Waals surface area contributed by atoms with E-state index >= 15 is 0 Å². The van der Waals surface area contributed by atoms with Crippen LogP contribution in [-0.4, -0.2) is 44.4 Å². The third-order valence-corrected chi connectivity index (χ3v) is 5.91. The zero-order valence-electron chi connectivity index (χ0n) is 14.8. The van der Waals surface area contributed by atoms with Gasteiger partial charge in [0, 0.05) is 11.3 Å². The van der Waals surface area contributed by atoms with Gasteiger partial charge in [0.1, 0.15) is 32.7 Å². The fourth-order valence-electron chi connectivity index (χ4n) is 3.25. The highest BCUT2D eigenvalue weighted by atomic mass is 35.5. The first-order valence-corrected chi connectivity index (χ1v) is 10.0. The highest BCUT2D eigenvalue weighted by molar-refractivity contribution is 7.16. The number of hydrogen-bond acceptors (Lipinski definition) is 3. The minimum Gasteiger partial charge on any atom is -0.321 e. The van der Waals surface area contributed by atoms with Gasteiger partial charge in [-0.1, -0.05) is 23.7 Å². The third-order valence-electron chi connectivity index (χ3n) is 4.68. The van der Waals surface area contributed by atoms with Crippen LogP contribution in [0.15, 0.2) is 36.4 Å². The third kappa shape index (κ3) is 5.38. The molecule has 3 rings (SSSR count). The standard InChI is InChI=1S/C19H22ClN3O2S/c1-14(24)15-3-2-4-16(11-15)21-19(25)13-23-9-7-22(8-10-23)12-17-5-6-18(20)26-17/h2-6,11H,7-10,12-13H2,1H3,(H,21,25)/p+2. The van der Waals surface area contributed by atoms with Crippen LogP contribution in [0.4, 0.5) is 5.69 Å². The summed E-state index contributed by atoms with van der Waals surface area (Å²) in [6.45, 7) is 7.06. The van der Waals surface area contributed by atoms with Crippen LogP contribution >= 0.6 is 22.9 Å². The summed E-state index contributed by atoms with van der Waals surface area (Å²) in [5.74, 6) is -0.00737. The normalized spacial score (nSPS) is 19.9. The summed E-state index contributed by atoms with van der Waals surface area (Å²) in [5.41, 5.74) is 1.29. The number of rotatable bonds is 6. The smallest absolute Gasteiger partial charge is 0.279 e. The Balaban J connectivity index is 1.44. The van der Waals surface area contributed by atoms with Gasteiger partial charge < -0.3 is 15.1 Å². The molecule has 138 valence electrons. The molecule has 0 spiro atoms. The molecule has 1 fully saturated rings. The van der Waals surface area contributed by atoms with Crippen LogP contribution in [0.5, 0.6) is 0 Å². The molecule has 1 amide bonds. The van der Waals surface area contributed by atoms with Crippen LogP contribution in [-0.2, 0) is 11.3 Å². The first-order chi connectivity index (χ1) is 12.5. The summed E-state index contributed by atoms with van der Waals surface area (Å²) >= 11 is 7.64. The zero-order chi connectivity index (χ0) is 18.5. The number of quaternary nitrogens is 2. The Hall–Kier alpha value is -1.73. The van der Waals surface area contributed by atoms with E-state index in [-0.39, 0.29) is 11.7 Å². The first kappa shape index (κ1) is 19.0. The molecule has 3 N–H and O–H groups in total. The Bertz CT molecular complexity index is 785. The van der Waals surface area contributed by atoms with E-state index in [2.05, 4.69) is 11.4 Å². The number of hydrogen-bond donors (Lipinski definition) is 3. The maximum Gasteiger partial charge on any atom is 0.279 e. The fraction of sp³-hybridized carbons (Fsp3) is 0.368. The summed E-state index contributed by atoms with van der Waals surface area (Å²) in [5, 5.41) is 2.91. The van der Waals surface area contributed by atoms with Crippen LogP contribution in [0.3, 0.4) is 0 Å². The van der Waals surface area contributed by atoms with Crippen LogP contribution in [0.25, 0.3) is 0 Å². The Morgan fingerprint density at radius 3 is 2.50 bits per heavy atom. The van der Waals surface area contributed by atoms with E-state index in [4.69, 9.17) is 11.6 Å². The lowest BCUT2D eigenvalue weighted by Gasteiger charge is -2.29. The number of carbonyl (C=O) groups is 2. The number of anilines is 1. The Kier molecular flexibility index (Phi) is 6.43. The molecule has 0 bridgehead atoms. The summed E-state index contributed by atoms with van der Waals surface area (Å²) in [4.78, 5) is 27.9. The Labute approximate surface area is 162 Å². The average molecular weight is 394 g/mol. The molecule has 1 aliphatic rings. The number of benzene rings is 1. The van der Waals surface area contributed by atoms with E-state index in [1.807, 2.05) is 12.1 Å². The van der Waals surface area contributed by atoms with E-state index in [1.54, 1.807) is 34.4 Å². The Morgan fingerprint density at radius 2 is 1.85 bits per heavy atom. The molecule has 7 heteroatoms. The van der Waals surface area contributed by atoms with Crippen LogP contribution < -0.4 is 15.1 Å². The molecule has 1 saturated heterocycles. The molecule has 1 aromatic carbocycles. The monoisotopic (exact) mass is 393 g/mol. The molecular formula is C19H24ClN3O2S+2. The van der Waals surface area contributed by atoms with Gasteiger partial charge in [-0.25, -0.2) is 0 Å². The molecule has 5 nitrogen and oxygen atoms in total. The second-order valence-electron chi connectivity index (χ2n) is 6.74. The van der Waals surface area contributed by atoms with Crippen molar-refractivity contribution in [1.82, 2.24) is 0 Å². The second-order valence-corrected chi connectivity index (χ2v) is 8.54. The van der Waals surface area contributed by atoms with Crippen molar-refractivity contribution < 1.29 is 19.4 Å². The first-order valence-electron chi connectivity index (χ1n) is 8.82. The quantitative estimate of drug-likeness (QED) is 0.627. The molecule has 1 aromatic heterocycles. The van der Waals surface area contributed by atoms with Gasteiger partial charge in [0.25, 0.3) is 5.91 Å². The summed E-state index contributed by atoms with van der Waals surface area (Å²) < 4.78 is 0.842. The van der Waals surface area contributed by atoms with Gasteiger partial charge >= 0.3 is 0 Å². The van der Waals surface area contributed by atoms with Crippen LogP contribution in [0.1, 0.15) is 22.2 Å². The lowest BCUT2D eigenvalue weighted by Crippen LogP contribution is -3.28. The highest BCUT2D eigenvalue weighted by Crippen LogP contribution is 2.20. The van der Waals surface area contributed by atoms with Gasteiger partial charge in [-0.05, 0) is 31.2 Å². The number of piperazine rings is 1. The zero-order valence-corrected chi connectivity index (χ0v) is 16.4. The van der Waals surface area contributed by atoms with Crippen molar-refractivity contribution in [2.24, 2.45) is 0 Å². The van der Waals surface area contributed by atoms with Gasteiger partial charge in [-0.3, -0.25) is 9.59 Å². The largest absolute Gasteiger partial charge is 0.321 e. The van der Waals surface area contributed by atoms with Gasteiger partial charge in [0.15, 0.2) is 12.3 Å². The molecule has 0 aliphatic carbocycles. The highest BCUT2D eigenvalue weighted by Gasteiger charge is 2.25. The molecular weight excluding hydrogens is 370 g/mol. The van der Waals surface area contributed by atoms with E-state index in [0.29, 0.717) is 17.8 Å². The summed E-state index contributed by atoms with van der Waals surface area (Å²) in [6, 6.07) is 11.1. The number of ketones is 1. The molecule has 0 unspecified atom stereocenters.